The van der Waals surface area contributed by atoms with Crippen molar-refractivity contribution in [1.82, 2.24) is 9.47 Å². The smallest absolute Gasteiger partial charge is 0.119 e. The summed E-state index contributed by atoms with van der Waals surface area (Å²) in [5.41, 5.74) is 4.19. The van der Waals surface area contributed by atoms with Crippen LogP contribution in [-0.4, -0.2) is 35.7 Å². The SMILES string of the molecule is Cn1cc(-c2ccc(OCC3C4CN(CC(C)(C)C)CC34)cc2)c2ccccc21. The van der Waals surface area contributed by atoms with Gasteiger partial charge < -0.3 is 14.2 Å². The average Bonchev–Trinajstić information content (AvgIpc) is 2.99. The van der Waals surface area contributed by atoms with E-state index in [2.05, 4.69) is 92.0 Å². The second-order valence-electron chi connectivity index (χ2n) is 10.3. The Labute approximate surface area is 174 Å². The number of fused-ring (bicyclic) bond motifs is 2. The maximum absolute atomic E-state index is 6.16. The molecule has 2 heterocycles. The molecule has 3 nitrogen and oxygen atoms in total. The fraction of sp³-hybridized carbons (Fsp3) is 0.462. The van der Waals surface area contributed by atoms with Crippen molar-refractivity contribution in [3.63, 3.8) is 0 Å². The van der Waals surface area contributed by atoms with Crippen LogP contribution in [0, 0.1) is 23.2 Å². The van der Waals surface area contributed by atoms with Crippen molar-refractivity contribution in [2.75, 3.05) is 26.2 Å². The van der Waals surface area contributed by atoms with Crippen molar-refractivity contribution in [2.45, 2.75) is 20.8 Å². The lowest BCUT2D eigenvalue weighted by atomic mass is 9.96. The van der Waals surface area contributed by atoms with E-state index in [9.17, 15) is 0 Å². The normalized spacial score (nSPS) is 24.1. The summed E-state index contributed by atoms with van der Waals surface area (Å²) in [6.45, 7) is 11.6. The zero-order valence-corrected chi connectivity index (χ0v) is 18.1. The number of hydrogen-bond donors (Lipinski definition) is 0. The Morgan fingerprint density at radius 1 is 0.966 bits per heavy atom. The van der Waals surface area contributed by atoms with Crippen LogP contribution in [0.1, 0.15) is 20.8 Å². The second-order valence-corrected chi connectivity index (χ2v) is 10.3. The monoisotopic (exact) mass is 388 g/mol. The molecule has 0 N–H and O–H groups in total. The summed E-state index contributed by atoms with van der Waals surface area (Å²) in [4.78, 5) is 2.64. The molecule has 0 spiro atoms. The first-order valence-corrected chi connectivity index (χ1v) is 10.9. The molecule has 0 bridgehead atoms. The molecule has 1 saturated heterocycles. The molecule has 2 aliphatic rings. The van der Waals surface area contributed by atoms with Gasteiger partial charge in [-0.1, -0.05) is 51.1 Å². The molecule has 152 valence electrons. The number of benzene rings is 2. The van der Waals surface area contributed by atoms with E-state index in [1.165, 1.54) is 41.7 Å². The molecular weight excluding hydrogens is 356 g/mol. The van der Waals surface area contributed by atoms with E-state index < -0.39 is 0 Å². The van der Waals surface area contributed by atoms with E-state index in [0.717, 1.165) is 30.1 Å². The lowest BCUT2D eigenvalue weighted by Gasteiger charge is -2.28. The van der Waals surface area contributed by atoms with Crippen LogP contribution in [0.15, 0.2) is 54.7 Å². The maximum atomic E-state index is 6.16. The highest BCUT2D eigenvalue weighted by Crippen LogP contribution is 2.52. The van der Waals surface area contributed by atoms with E-state index in [4.69, 9.17) is 4.74 Å². The Balaban J connectivity index is 1.19. The lowest BCUT2D eigenvalue weighted by Crippen LogP contribution is -2.33. The summed E-state index contributed by atoms with van der Waals surface area (Å²) >= 11 is 0. The van der Waals surface area contributed by atoms with Crippen molar-refractivity contribution in [3.05, 3.63) is 54.7 Å². The molecular formula is C26H32N2O. The first-order valence-electron chi connectivity index (χ1n) is 10.9. The Hall–Kier alpha value is -2.26. The summed E-state index contributed by atoms with van der Waals surface area (Å²) in [6, 6.07) is 17.2. The van der Waals surface area contributed by atoms with Gasteiger partial charge in [0, 0.05) is 55.3 Å². The fourth-order valence-corrected chi connectivity index (χ4v) is 5.28. The van der Waals surface area contributed by atoms with Crippen LogP contribution in [0.5, 0.6) is 5.75 Å². The molecule has 0 amide bonds. The van der Waals surface area contributed by atoms with Gasteiger partial charge in [0.05, 0.1) is 6.61 Å². The molecule has 1 aliphatic heterocycles. The molecule has 1 aromatic heterocycles. The molecule has 3 aromatic rings. The van der Waals surface area contributed by atoms with E-state index in [0.29, 0.717) is 5.41 Å². The molecule has 29 heavy (non-hydrogen) atoms. The molecule has 2 aromatic carbocycles. The number of nitrogens with zero attached hydrogens (tertiary/aromatic N) is 2. The minimum atomic E-state index is 0.397. The highest BCUT2D eigenvalue weighted by Gasteiger charge is 2.55. The number of hydrogen-bond acceptors (Lipinski definition) is 2. The standard InChI is InChI=1S/C26H32N2O/c1-26(2,3)17-28-14-22-23(15-28)24(22)16-29-19-11-9-18(10-12-19)21-13-27(4)25-8-6-5-7-20(21)25/h5-13,22-24H,14-17H2,1-4H3. The molecule has 2 atom stereocenters. The van der Waals surface area contributed by atoms with Gasteiger partial charge in [0.15, 0.2) is 0 Å². The van der Waals surface area contributed by atoms with E-state index in [1.807, 2.05) is 0 Å². The Kier molecular flexibility index (Phi) is 4.47. The Bertz CT molecular complexity index is 999. The van der Waals surface area contributed by atoms with Crippen molar-refractivity contribution >= 4 is 10.9 Å². The molecule has 2 unspecified atom stereocenters. The maximum Gasteiger partial charge on any atom is 0.119 e. The van der Waals surface area contributed by atoms with Gasteiger partial charge in [0.1, 0.15) is 5.75 Å². The molecule has 1 aliphatic carbocycles. The quantitative estimate of drug-likeness (QED) is 0.578. The first kappa shape index (κ1) is 18.7. The number of piperidine rings is 1. The Morgan fingerprint density at radius 2 is 1.66 bits per heavy atom. The van der Waals surface area contributed by atoms with Crippen LogP contribution in [0.3, 0.4) is 0 Å². The Morgan fingerprint density at radius 3 is 2.34 bits per heavy atom. The number of aryl methyl sites for hydroxylation is 1. The van der Waals surface area contributed by atoms with Crippen molar-refractivity contribution < 1.29 is 4.74 Å². The zero-order chi connectivity index (χ0) is 20.2. The number of aromatic nitrogens is 1. The molecule has 2 fully saturated rings. The van der Waals surface area contributed by atoms with Gasteiger partial charge in [0.25, 0.3) is 0 Å². The summed E-state index contributed by atoms with van der Waals surface area (Å²) in [5.74, 6) is 3.45. The van der Waals surface area contributed by atoms with Gasteiger partial charge in [-0.2, -0.15) is 0 Å². The molecule has 0 radical (unpaired) electrons. The van der Waals surface area contributed by atoms with Gasteiger partial charge in [-0.15, -0.1) is 0 Å². The van der Waals surface area contributed by atoms with Crippen molar-refractivity contribution in [1.29, 1.82) is 0 Å². The molecule has 5 rings (SSSR count). The van der Waals surface area contributed by atoms with Gasteiger partial charge >= 0.3 is 0 Å². The molecule has 1 saturated carbocycles. The number of para-hydroxylation sites is 1. The third-order valence-electron chi connectivity index (χ3n) is 6.65. The predicted octanol–water partition coefficient (Wildman–Crippen LogP) is 5.45. The van der Waals surface area contributed by atoms with Gasteiger partial charge in [-0.25, -0.2) is 0 Å². The summed E-state index contributed by atoms with van der Waals surface area (Å²) in [5, 5.41) is 1.30. The highest BCUT2D eigenvalue weighted by molar-refractivity contribution is 5.96. The van der Waals surface area contributed by atoms with Crippen LogP contribution in [0.2, 0.25) is 0 Å². The summed E-state index contributed by atoms with van der Waals surface area (Å²) in [6.07, 6.45) is 2.22. The second kappa shape index (κ2) is 6.91. The number of likely N-dealkylation sites (tertiary alicyclic amines) is 1. The minimum absolute atomic E-state index is 0.397. The van der Waals surface area contributed by atoms with Crippen LogP contribution in [0.25, 0.3) is 22.0 Å². The third kappa shape index (κ3) is 3.69. The summed E-state index contributed by atoms with van der Waals surface area (Å²) in [7, 11) is 2.11. The van der Waals surface area contributed by atoms with E-state index in [1.54, 1.807) is 0 Å². The topological polar surface area (TPSA) is 17.4 Å². The minimum Gasteiger partial charge on any atom is -0.493 e. The van der Waals surface area contributed by atoms with Crippen LogP contribution < -0.4 is 4.74 Å². The first-order chi connectivity index (χ1) is 13.9. The van der Waals surface area contributed by atoms with E-state index >= 15 is 0 Å². The van der Waals surface area contributed by atoms with Crippen LogP contribution in [-0.2, 0) is 7.05 Å². The zero-order valence-electron chi connectivity index (χ0n) is 18.1. The number of ether oxygens (including phenoxy) is 1. The van der Waals surface area contributed by atoms with Crippen LogP contribution >= 0.6 is 0 Å². The molecule has 3 heteroatoms. The van der Waals surface area contributed by atoms with Gasteiger partial charge in [-0.05, 0) is 41.0 Å². The average molecular weight is 389 g/mol. The third-order valence-corrected chi connectivity index (χ3v) is 6.65. The van der Waals surface area contributed by atoms with Gasteiger partial charge in [-0.3, -0.25) is 0 Å². The van der Waals surface area contributed by atoms with Crippen LogP contribution in [0.4, 0.5) is 0 Å². The fourth-order valence-electron chi connectivity index (χ4n) is 5.28. The van der Waals surface area contributed by atoms with Gasteiger partial charge in [0.2, 0.25) is 0 Å². The largest absolute Gasteiger partial charge is 0.493 e. The lowest BCUT2D eigenvalue weighted by molar-refractivity contribution is 0.185. The van der Waals surface area contributed by atoms with E-state index in [-0.39, 0.29) is 0 Å². The van der Waals surface area contributed by atoms with Crippen molar-refractivity contribution in [3.8, 4) is 16.9 Å². The number of rotatable bonds is 5. The highest BCUT2D eigenvalue weighted by atomic mass is 16.5. The predicted molar refractivity (Wildman–Crippen MR) is 120 cm³/mol. The summed E-state index contributed by atoms with van der Waals surface area (Å²) < 4.78 is 8.36. The van der Waals surface area contributed by atoms with Crippen molar-refractivity contribution in [2.24, 2.45) is 30.2 Å².